The highest BCUT2D eigenvalue weighted by molar-refractivity contribution is 6.34. The number of hydrogen-bond acceptors (Lipinski definition) is 1. The Morgan fingerprint density at radius 3 is 2.00 bits per heavy atom. The quantitative estimate of drug-likeness (QED) is 0.728. The summed E-state index contributed by atoms with van der Waals surface area (Å²) < 4.78 is 5.67. The van der Waals surface area contributed by atoms with Gasteiger partial charge in [0, 0.05) is 10.0 Å². The van der Waals surface area contributed by atoms with Gasteiger partial charge in [-0.15, -0.1) is 0 Å². The van der Waals surface area contributed by atoms with Gasteiger partial charge in [-0.2, -0.15) is 0 Å². The van der Waals surface area contributed by atoms with Crippen LogP contribution in [0.2, 0.25) is 10.0 Å². The summed E-state index contributed by atoms with van der Waals surface area (Å²) in [6.07, 6.45) is 1.02. The van der Waals surface area contributed by atoms with Crippen LogP contribution in [0.1, 0.15) is 12.5 Å². The predicted octanol–water partition coefficient (Wildman–Crippen LogP) is 5.35. The van der Waals surface area contributed by atoms with Crippen LogP contribution in [0.5, 0.6) is 11.5 Å². The first-order valence-electron chi connectivity index (χ1n) is 5.40. The van der Waals surface area contributed by atoms with Crippen LogP contribution < -0.4 is 4.74 Å². The fourth-order valence-electron chi connectivity index (χ4n) is 1.52. The topological polar surface area (TPSA) is 9.23 Å². The maximum atomic E-state index is 5.90. The smallest absolute Gasteiger partial charge is 0.130 e. The first kappa shape index (κ1) is 12.3. The summed E-state index contributed by atoms with van der Waals surface area (Å²) in [6.45, 7) is 2.12. The molecule has 0 aliphatic heterocycles. The van der Waals surface area contributed by atoms with Gasteiger partial charge in [0.15, 0.2) is 0 Å². The zero-order valence-electron chi connectivity index (χ0n) is 9.41. The monoisotopic (exact) mass is 266 g/mol. The Kier molecular flexibility index (Phi) is 3.93. The Morgan fingerprint density at radius 2 is 1.47 bits per heavy atom. The summed E-state index contributed by atoms with van der Waals surface area (Å²) in [5.74, 6) is 1.42. The third-order valence-electron chi connectivity index (χ3n) is 2.40. The molecule has 2 aromatic rings. The highest BCUT2D eigenvalue weighted by Gasteiger charge is 2.01. The van der Waals surface area contributed by atoms with Crippen molar-refractivity contribution in [1.82, 2.24) is 0 Å². The van der Waals surface area contributed by atoms with E-state index in [1.165, 1.54) is 5.56 Å². The second-order valence-corrected chi connectivity index (χ2v) is 4.58. The lowest BCUT2D eigenvalue weighted by Crippen LogP contribution is -1.85. The van der Waals surface area contributed by atoms with Gasteiger partial charge in [0.25, 0.3) is 0 Å². The Hall–Kier alpha value is -1.18. The van der Waals surface area contributed by atoms with Gasteiger partial charge in [-0.1, -0.05) is 42.3 Å². The number of rotatable bonds is 3. The molecule has 0 fully saturated rings. The van der Waals surface area contributed by atoms with Crippen LogP contribution in [0.25, 0.3) is 0 Å². The van der Waals surface area contributed by atoms with E-state index in [2.05, 4.69) is 6.92 Å². The molecule has 0 radical (unpaired) electrons. The summed E-state index contributed by atoms with van der Waals surface area (Å²) in [5.41, 5.74) is 1.28. The third-order valence-corrected chi connectivity index (χ3v) is 2.84. The summed E-state index contributed by atoms with van der Waals surface area (Å²) >= 11 is 11.8. The van der Waals surface area contributed by atoms with E-state index in [1.54, 1.807) is 18.2 Å². The van der Waals surface area contributed by atoms with Crippen LogP contribution in [0.15, 0.2) is 42.5 Å². The number of halogens is 2. The van der Waals surface area contributed by atoms with Gasteiger partial charge < -0.3 is 4.74 Å². The van der Waals surface area contributed by atoms with Gasteiger partial charge in [-0.3, -0.25) is 0 Å². The van der Waals surface area contributed by atoms with Gasteiger partial charge in [0.05, 0.1) is 0 Å². The van der Waals surface area contributed by atoms with Crippen molar-refractivity contribution in [2.24, 2.45) is 0 Å². The van der Waals surface area contributed by atoms with E-state index in [4.69, 9.17) is 27.9 Å². The van der Waals surface area contributed by atoms with E-state index in [9.17, 15) is 0 Å². The molecule has 88 valence electrons. The van der Waals surface area contributed by atoms with Gasteiger partial charge >= 0.3 is 0 Å². The van der Waals surface area contributed by atoms with Crippen molar-refractivity contribution in [2.45, 2.75) is 13.3 Å². The Balaban J connectivity index is 2.19. The molecule has 0 heterocycles. The minimum absolute atomic E-state index is 0.567. The zero-order chi connectivity index (χ0) is 12.3. The fourth-order valence-corrected chi connectivity index (χ4v) is 2.02. The van der Waals surface area contributed by atoms with Gasteiger partial charge in [-0.25, -0.2) is 0 Å². The lowest BCUT2D eigenvalue weighted by atomic mass is 10.2. The molecular weight excluding hydrogens is 255 g/mol. The summed E-state index contributed by atoms with van der Waals surface area (Å²) in [6, 6.07) is 13.1. The van der Waals surface area contributed by atoms with Crippen LogP contribution in [0.3, 0.4) is 0 Å². The lowest BCUT2D eigenvalue weighted by molar-refractivity contribution is 0.482. The van der Waals surface area contributed by atoms with Crippen LogP contribution in [-0.2, 0) is 6.42 Å². The van der Waals surface area contributed by atoms with E-state index < -0.39 is 0 Å². The molecule has 0 aliphatic carbocycles. The molecule has 3 heteroatoms. The van der Waals surface area contributed by atoms with Gasteiger partial charge in [0.2, 0.25) is 0 Å². The average Bonchev–Trinajstić information content (AvgIpc) is 2.28. The molecule has 0 aliphatic rings. The van der Waals surface area contributed by atoms with E-state index in [0.717, 1.165) is 12.2 Å². The summed E-state index contributed by atoms with van der Waals surface area (Å²) in [7, 11) is 0. The Morgan fingerprint density at radius 1 is 0.882 bits per heavy atom. The molecule has 0 atom stereocenters. The SMILES string of the molecule is CCc1ccc(Oc2cc(Cl)cc(Cl)c2)cc1. The standard InChI is InChI=1S/C14H12Cl2O/c1-2-10-3-5-13(6-4-10)17-14-8-11(15)7-12(16)9-14/h3-9H,2H2,1H3. The first-order chi connectivity index (χ1) is 8.17. The molecule has 2 aromatic carbocycles. The molecular formula is C14H12Cl2O. The van der Waals surface area contributed by atoms with E-state index in [-0.39, 0.29) is 0 Å². The van der Waals surface area contributed by atoms with Crippen molar-refractivity contribution in [1.29, 1.82) is 0 Å². The second-order valence-electron chi connectivity index (χ2n) is 3.70. The highest BCUT2D eigenvalue weighted by Crippen LogP contribution is 2.28. The zero-order valence-corrected chi connectivity index (χ0v) is 10.9. The molecule has 0 bridgehead atoms. The molecule has 0 saturated carbocycles. The van der Waals surface area contributed by atoms with Crippen LogP contribution in [0.4, 0.5) is 0 Å². The average molecular weight is 267 g/mol. The number of hydrogen-bond donors (Lipinski definition) is 0. The number of ether oxygens (including phenoxy) is 1. The molecule has 1 nitrogen and oxygen atoms in total. The Labute approximate surface area is 111 Å². The minimum Gasteiger partial charge on any atom is -0.457 e. The highest BCUT2D eigenvalue weighted by atomic mass is 35.5. The minimum atomic E-state index is 0.567. The summed E-state index contributed by atoms with van der Waals surface area (Å²) in [4.78, 5) is 0. The van der Waals surface area contributed by atoms with Gasteiger partial charge in [0.1, 0.15) is 11.5 Å². The third kappa shape index (κ3) is 3.39. The van der Waals surface area contributed by atoms with E-state index in [1.807, 2.05) is 24.3 Å². The largest absolute Gasteiger partial charge is 0.457 e. The maximum absolute atomic E-state index is 5.90. The van der Waals surface area contributed by atoms with Crippen LogP contribution in [0, 0.1) is 0 Å². The number of benzene rings is 2. The number of aryl methyl sites for hydroxylation is 1. The van der Waals surface area contributed by atoms with Crippen LogP contribution >= 0.6 is 23.2 Å². The molecule has 0 N–H and O–H groups in total. The molecule has 2 rings (SSSR count). The molecule has 0 aromatic heterocycles. The van der Waals surface area contributed by atoms with Crippen molar-refractivity contribution >= 4 is 23.2 Å². The van der Waals surface area contributed by atoms with E-state index >= 15 is 0 Å². The van der Waals surface area contributed by atoms with Crippen molar-refractivity contribution < 1.29 is 4.74 Å². The van der Waals surface area contributed by atoms with Crippen molar-refractivity contribution in [3.05, 3.63) is 58.1 Å². The Bertz CT molecular complexity index is 486. The molecule has 0 spiro atoms. The summed E-state index contributed by atoms with van der Waals surface area (Å²) in [5, 5.41) is 1.13. The normalized spacial score (nSPS) is 10.3. The first-order valence-corrected chi connectivity index (χ1v) is 6.16. The van der Waals surface area contributed by atoms with E-state index in [0.29, 0.717) is 15.8 Å². The second kappa shape index (κ2) is 5.44. The molecule has 0 unspecified atom stereocenters. The molecule has 0 amide bonds. The van der Waals surface area contributed by atoms with Gasteiger partial charge in [-0.05, 0) is 42.3 Å². The molecule has 0 saturated heterocycles. The van der Waals surface area contributed by atoms with Crippen molar-refractivity contribution in [3.63, 3.8) is 0 Å². The fraction of sp³-hybridized carbons (Fsp3) is 0.143. The maximum Gasteiger partial charge on any atom is 0.130 e. The lowest BCUT2D eigenvalue weighted by Gasteiger charge is -2.07. The van der Waals surface area contributed by atoms with Crippen LogP contribution in [-0.4, -0.2) is 0 Å². The van der Waals surface area contributed by atoms with Crippen molar-refractivity contribution in [3.8, 4) is 11.5 Å². The predicted molar refractivity (Wildman–Crippen MR) is 72.4 cm³/mol. The van der Waals surface area contributed by atoms with Crippen molar-refractivity contribution in [2.75, 3.05) is 0 Å². The molecule has 17 heavy (non-hydrogen) atoms.